The molecule has 5 rings (SSSR count). The van der Waals surface area contributed by atoms with Gasteiger partial charge in [0.05, 0.1) is 24.5 Å². The highest BCUT2D eigenvalue weighted by Gasteiger charge is 2.29. The van der Waals surface area contributed by atoms with E-state index in [1.165, 1.54) is 16.7 Å². The van der Waals surface area contributed by atoms with Crippen LogP contribution in [-0.2, 0) is 13.0 Å². The van der Waals surface area contributed by atoms with Crippen LogP contribution in [-0.4, -0.2) is 50.4 Å². The molecular weight excluding hydrogens is 402 g/mol. The van der Waals surface area contributed by atoms with Crippen molar-refractivity contribution in [2.75, 3.05) is 29.9 Å². The third kappa shape index (κ3) is 3.84. The molecule has 168 valence electrons. The third-order valence-electron chi connectivity index (χ3n) is 6.80. The summed E-state index contributed by atoms with van der Waals surface area (Å²) in [5, 5.41) is 16.6. The highest BCUT2D eigenvalue weighted by atomic mass is 16.3. The molecule has 1 aromatic carbocycles. The average molecular weight is 434 g/mol. The van der Waals surface area contributed by atoms with Gasteiger partial charge in [-0.25, -0.2) is 9.97 Å². The number of aliphatic hydroxyl groups is 1. The van der Waals surface area contributed by atoms with Gasteiger partial charge in [0.2, 0.25) is 5.95 Å². The standard InChI is InChI=1S/C24H31N7O/c1-15-9-19(10-16(2)17(15)3)30-12-22(26-14-30)28-24-27-21-6-7-25-11-20(21)23(29-24)31-8-4-5-18(31)13-32/h9-10,12,14,18,25,32H,4-8,11,13H2,1-3H3,(H,27,28,29)/t18-/m0/s1. The summed E-state index contributed by atoms with van der Waals surface area (Å²) in [4.78, 5) is 16.5. The number of imidazole rings is 1. The maximum Gasteiger partial charge on any atom is 0.230 e. The number of hydrogen-bond donors (Lipinski definition) is 3. The van der Waals surface area contributed by atoms with E-state index < -0.39 is 0 Å². The summed E-state index contributed by atoms with van der Waals surface area (Å²) >= 11 is 0. The van der Waals surface area contributed by atoms with Crippen molar-refractivity contribution in [1.82, 2.24) is 24.8 Å². The number of benzene rings is 1. The largest absolute Gasteiger partial charge is 0.394 e. The lowest BCUT2D eigenvalue weighted by Crippen LogP contribution is -2.36. The molecule has 0 radical (unpaired) electrons. The van der Waals surface area contributed by atoms with Gasteiger partial charge in [-0.15, -0.1) is 0 Å². The quantitative estimate of drug-likeness (QED) is 0.570. The van der Waals surface area contributed by atoms with Crippen LogP contribution in [0.25, 0.3) is 5.69 Å². The monoisotopic (exact) mass is 433 g/mol. The number of anilines is 3. The summed E-state index contributed by atoms with van der Waals surface area (Å²) in [6, 6.07) is 4.48. The molecule has 32 heavy (non-hydrogen) atoms. The maximum absolute atomic E-state index is 9.84. The number of aromatic nitrogens is 4. The Morgan fingerprint density at radius 2 is 2.00 bits per heavy atom. The molecule has 1 saturated heterocycles. The van der Waals surface area contributed by atoms with Crippen molar-refractivity contribution in [3.8, 4) is 5.69 Å². The Morgan fingerprint density at radius 3 is 2.78 bits per heavy atom. The number of aryl methyl sites for hydroxylation is 2. The molecule has 1 atom stereocenters. The Hall–Kier alpha value is -2.97. The van der Waals surface area contributed by atoms with Crippen LogP contribution in [0.15, 0.2) is 24.7 Å². The summed E-state index contributed by atoms with van der Waals surface area (Å²) in [5.74, 6) is 2.21. The molecule has 0 amide bonds. The van der Waals surface area contributed by atoms with Crippen molar-refractivity contribution in [1.29, 1.82) is 0 Å². The molecule has 0 bridgehead atoms. The summed E-state index contributed by atoms with van der Waals surface area (Å²) in [7, 11) is 0. The van der Waals surface area contributed by atoms with Crippen LogP contribution in [0.4, 0.5) is 17.6 Å². The zero-order valence-electron chi connectivity index (χ0n) is 19.0. The molecule has 2 aliphatic rings. The fraction of sp³-hybridized carbons (Fsp3) is 0.458. The van der Waals surface area contributed by atoms with Crippen molar-refractivity contribution in [2.45, 2.75) is 52.6 Å². The van der Waals surface area contributed by atoms with Crippen molar-refractivity contribution in [3.63, 3.8) is 0 Å². The second-order valence-corrected chi connectivity index (χ2v) is 8.89. The summed E-state index contributed by atoms with van der Waals surface area (Å²) in [6.45, 7) is 9.16. The Bertz CT molecular complexity index is 1120. The summed E-state index contributed by atoms with van der Waals surface area (Å²) < 4.78 is 2.02. The minimum atomic E-state index is 0.121. The minimum Gasteiger partial charge on any atom is -0.394 e. The summed E-state index contributed by atoms with van der Waals surface area (Å²) in [5.41, 5.74) is 7.17. The Balaban J connectivity index is 1.46. The molecule has 8 heteroatoms. The van der Waals surface area contributed by atoms with E-state index in [1.807, 2.05) is 17.1 Å². The van der Waals surface area contributed by atoms with Crippen molar-refractivity contribution in [2.24, 2.45) is 0 Å². The van der Waals surface area contributed by atoms with E-state index in [0.717, 1.165) is 61.7 Å². The van der Waals surface area contributed by atoms with E-state index in [0.29, 0.717) is 11.8 Å². The molecule has 1 fully saturated rings. The van der Waals surface area contributed by atoms with Crippen LogP contribution in [0.3, 0.4) is 0 Å². The van der Waals surface area contributed by atoms with E-state index >= 15 is 0 Å². The first-order chi connectivity index (χ1) is 15.5. The third-order valence-corrected chi connectivity index (χ3v) is 6.80. The fourth-order valence-electron chi connectivity index (χ4n) is 4.73. The van der Waals surface area contributed by atoms with Gasteiger partial charge in [-0.05, 0) is 62.4 Å². The first kappa shape index (κ1) is 20.9. The van der Waals surface area contributed by atoms with Gasteiger partial charge in [-0.3, -0.25) is 0 Å². The van der Waals surface area contributed by atoms with Gasteiger partial charge in [0, 0.05) is 37.3 Å². The predicted molar refractivity (Wildman–Crippen MR) is 126 cm³/mol. The number of nitrogens with zero attached hydrogens (tertiary/aromatic N) is 5. The van der Waals surface area contributed by atoms with Crippen molar-refractivity contribution >= 4 is 17.6 Å². The van der Waals surface area contributed by atoms with Crippen LogP contribution < -0.4 is 15.5 Å². The molecule has 3 N–H and O–H groups in total. The topological polar surface area (TPSA) is 91.1 Å². The molecule has 0 saturated carbocycles. The van der Waals surface area contributed by atoms with Crippen LogP contribution in [0.1, 0.15) is 40.8 Å². The number of aliphatic hydroxyl groups excluding tert-OH is 1. The van der Waals surface area contributed by atoms with Gasteiger partial charge >= 0.3 is 0 Å². The fourth-order valence-corrected chi connectivity index (χ4v) is 4.73. The molecule has 8 nitrogen and oxygen atoms in total. The molecule has 0 spiro atoms. The van der Waals surface area contributed by atoms with E-state index in [4.69, 9.17) is 9.97 Å². The molecule has 3 aromatic rings. The molecule has 0 aliphatic carbocycles. The second-order valence-electron chi connectivity index (χ2n) is 8.89. The van der Waals surface area contributed by atoms with Crippen LogP contribution in [0.2, 0.25) is 0 Å². The molecule has 2 aromatic heterocycles. The maximum atomic E-state index is 9.84. The van der Waals surface area contributed by atoms with E-state index in [2.05, 4.69) is 53.4 Å². The number of rotatable bonds is 5. The van der Waals surface area contributed by atoms with Gasteiger partial charge in [0.15, 0.2) is 5.82 Å². The van der Waals surface area contributed by atoms with Gasteiger partial charge in [-0.2, -0.15) is 4.98 Å². The average Bonchev–Trinajstić information content (AvgIpc) is 3.46. The highest BCUT2D eigenvalue weighted by molar-refractivity contribution is 5.58. The van der Waals surface area contributed by atoms with Crippen molar-refractivity contribution in [3.05, 3.63) is 52.6 Å². The van der Waals surface area contributed by atoms with Gasteiger partial charge in [-0.1, -0.05) is 0 Å². The van der Waals surface area contributed by atoms with E-state index in [9.17, 15) is 5.11 Å². The van der Waals surface area contributed by atoms with Crippen LogP contribution in [0.5, 0.6) is 0 Å². The van der Waals surface area contributed by atoms with Gasteiger partial charge in [0.1, 0.15) is 12.1 Å². The van der Waals surface area contributed by atoms with Gasteiger partial charge in [0.25, 0.3) is 0 Å². The lowest BCUT2D eigenvalue weighted by molar-refractivity contribution is 0.266. The Kier molecular flexibility index (Phi) is 5.57. The number of hydrogen-bond acceptors (Lipinski definition) is 7. The second kappa shape index (κ2) is 8.52. The van der Waals surface area contributed by atoms with E-state index in [1.54, 1.807) is 0 Å². The Labute approximate surface area is 188 Å². The first-order valence-electron chi connectivity index (χ1n) is 11.4. The number of fused-ring (bicyclic) bond motifs is 1. The van der Waals surface area contributed by atoms with Crippen LogP contribution >= 0.6 is 0 Å². The molecular formula is C24H31N7O. The summed E-state index contributed by atoms with van der Waals surface area (Å²) in [6.07, 6.45) is 6.72. The molecule has 2 aliphatic heterocycles. The van der Waals surface area contributed by atoms with Crippen molar-refractivity contribution < 1.29 is 5.11 Å². The SMILES string of the molecule is Cc1cc(-n2cnc(Nc3nc4c(c(N5CCC[C@H]5CO)n3)CNCC4)c2)cc(C)c1C. The molecule has 4 heterocycles. The minimum absolute atomic E-state index is 0.121. The Morgan fingerprint density at radius 1 is 1.19 bits per heavy atom. The number of nitrogens with one attached hydrogen (secondary N) is 2. The normalized spacial score (nSPS) is 18.1. The van der Waals surface area contributed by atoms with Crippen LogP contribution in [0, 0.1) is 20.8 Å². The van der Waals surface area contributed by atoms with E-state index in [-0.39, 0.29) is 12.6 Å². The van der Waals surface area contributed by atoms with Gasteiger partial charge < -0.3 is 25.2 Å². The lowest BCUT2D eigenvalue weighted by Gasteiger charge is -2.29. The highest BCUT2D eigenvalue weighted by Crippen LogP contribution is 2.31. The zero-order chi connectivity index (χ0) is 22.2. The smallest absolute Gasteiger partial charge is 0.230 e. The molecule has 0 unspecified atom stereocenters. The zero-order valence-corrected chi connectivity index (χ0v) is 19.0. The predicted octanol–water partition coefficient (Wildman–Crippen LogP) is 2.94. The first-order valence-corrected chi connectivity index (χ1v) is 11.4. The lowest BCUT2D eigenvalue weighted by atomic mass is 10.0.